The topological polar surface area (TPSA) is 65.6 Å². The van der Waals surface area contributed by atoms with Crippen molar-refractivity contribution >= 4 is 23.5 Å². The minimum Gasteiger partial charge on any atom is -0.421 e. The summed E-state index contributed by atoms with van der Waals surface area (Å²) in [7, 11) is 0. The smallest absolute Gasteiger partial charge is 0.221 e. The van der Waals surface area contributed by atoms with Crippen LogP contribution in [0.4, 0.5) is 0 Å². The third-order valence-electron chi connectivity index (χ3n) is 7.09. The van der Waals surface area contributed by atoms with Gasteiger partial charge in [-0.1, -0.05) is 12.1 Å². The van der Waals surface area contributed by atoms with Gasteiger partial charge in [-0.2, -0.15) is 23.5 Å². The third kappa shape index (κ3) is 4.76. The Morgan fingerprint density at radius 3 is 1.61 bits per heavy atom. The number of pyridine rings is 2. The number of hydrogen-bond acceptors (Lipinski definition) is 9. The first-order chi connectivity index (χ1) is 16.3. The number of rotatable bonds is 4. The average Bonchev–Trinajstić information content (AvgIpc) is 2.89. The van der Waals surface area contributed by atoms with Gasteiger partial charge in [0.1, 0.15) is 0 Å². The van der Waals surface area contributed by atoms with Gasteiger partial charge in [-0.05, 0) is 11.1 Å². The highest BCUT2D eigenvalue weighted by Crippen LogP contribution is 2.33. The quantitative estimate of drug-likeness (QED) is 0.682. The van der Waals surface area contributed by atoms with Crippen molar-refractivity contribution < 1.29 is 4.74 Å². The molecule has 2 fully saturated rings. The summed E-state index contributed by atoms with van der Waals surface area (Å²) >= 11 is 4.09. The first kappa shape index (κ1) is 22.1. The Morgan fingerprint density at radius 1 is 0.697 bits per heavy atom. The molecule has 0 aliphatic carbocycles. The van der Waals surface area contributed by atoms with Crippen LogP contribution in [0.3, 0.4) is 0 Å². The highest BCUT2D eigenvalue weighted by atomic mass is 32.2. The van der Waals surface area contributed by atoms with Gasteiger partial charge in [-0.25, -0.2) is 9.97 Å². The van der Waals surface area contributed by atoms with Crippen molar-refractivity contribution in [3.8, 4) is 11.8 Å². The summed E-state index contributed by atoms with van der Waals surface area (Å²) in [4.78, 5) is 15.2. The van der Waals surface area contributed by atoms with Crippen LogP contribution in [0.1, 0.15) is 34.6 Å². The van der Waals surface area contributed by atoms with E-state index in [-0.39, 0.29) is 0 Å². The first-order valence-electron chi connectivity index (χ1n) is 12.1. The molecular weight excluding hydrogens is 452 g/mol. The van der Waals surface area contributed by atoms with Gasteiger partial charge < -0.3 is 15.4 Å². The molecule has 176 valence electrons. The predicted molar refractivity (Wildman–Crippen MR) is 135 cm³/mol. The lowest BCUT2D eigenvalue weighted by Gasteiger charge is -2.37. The summed E-state index contributed by atoms with van der Waals surface area (Å²) < 4.78 is 6.27. The van der Waals surface area contributed by atoms with Gasteiger partial charge in [-0.3, -0.25) is 9.80 Å². The van der Waals surface area contributed by atoms with Gasteiger partial charge in [-0.15, -0.1) is 0 Å². The molecule has 2 aromatic rings. The molecule has 2 saturated heterocycles. The number of hydrogen-bond donors (Lipinski definition) is 2. The van der Waals surface area contributed by atoms with Gasteiger partial charge in [0.25, 0.3) is 0 Å². The molecule has 6 rings (SSSR count). The lowest BCUT2D eigenvalue weighted by Crippen LogP contribution is -2.44. The highest BCUT2D eigenvalue weighted by Gasteiger charge is 2.30. The van der Waals surface area contributed by atoms with E-state index >= 15 is 0 Å². The molecular formula is C24H32N6OS2. The van der Waals surface area contributed by atoms with E-state index in [0.717, 1.165) is 52.4 Å². The van der Waals surface area contributed by atoms with Crippen molar-refractivity contribution in [1.29, 1.82) is 0 Å². The Bertz CT molecular complexity index is 902. The Morgan fingerprint density at radius 2 is 1.15 bits per heavy atom. The normalized spacial score (nSPS) is 26.4. The van der Waals surface area contributed by atoms with E-state index in [0.29, 0.717) is 23.8 Å². The molecule has 4 aliphatic rings. The number of thioether (sulfide) groups is 2. The average molecular weight is 485 g/mol. The molecule has 0 amide bonds. The fraction of sp³-hybridized carbons (Fsp3) is 0.583. The second-order valence-electron chi connectivity index (χ2n) is 9.08. The van der Waals surface area contributed by atoms with Crippen molar-refractivity contribution in [3.05, 3.63) is 46.8 Å². The van der Waals surface area contributed by atoms with Crippen molar-refractivity contribution in [1.82, 2.24) is 30.4 Å². The van der Waals surface area contributed by atoms with Crippen LogP contribution < -0.4 is 15.4 Å². The molecule has 33 heavy (non-hydrogen) atoms. The van der Waals surface area contributed by atoms with E-state index in [4.69, 9.17) is 14.7 Å². The van der Waals surface area contributed by atoms with Gasteiger partial charge in [0.2, 0.25) is 11.8 Å². The van der Waals surface area contributed by atoms with Crippen molar-refractivity contribution in [2.24, 2.45) is 0 Å². The Labute approximate surface area is 204 Å². The van der Waals surface area contributed by atoms with Gasteiger partial charge >= 0.3 is 0 Å². The standard InChI is InChI=1S/C24H32N6OS2/c1-3-21(27-23-17(1)13-25-15-19(23)29-5-9-32-10-6-29)31-22-4-2-18-14-26-16-20(24(18)28-22)30-7-11-33-12-8-30/h1-4,19-20,25-26H,5-16H2. The molecule has 2 unspecified atom stereocenters. The Kier molecular flexibility index (Phi) is 6.77. The summed E-state index contributed by atoms with van der Waals surface area (Å²) in [6, 6.07) is 8.98. The monoisotopic (exact) mass is 484 g/mol. The fourth-order valence-electron chi connectivity index (χ4n) is 5.33. The van der Waals surface area contributed by atoms with Crippen LogP contribution in [0, 0.1) is 0 Å². The van der Waals surface area contributed by atoms with Crippen LogP contribution in [0.2, 0.25) is 0 Å². The molecule has 0 radical (unpaired) electrons. The second-order valence-corrected chi connectivity index (χ2v) is 11.5. The van der Waals surface area contributed by atoms with E-state index in [2.05, 4.69) is 32.6 Å². The van der Waals surface area contributed by atoms with Crippen molar-refractivity contribution in [3.63, 3.8) is 0 Å². The zero-order valence-electron chi connectivity index (χ0n) is 19.0. The van der Waals surface area contributed by atoms with E-state index < -0.39 is 0 Å². The molecule has 9 heteroatoms. The van der Waals surface area contributed by atoms with Crippen LogP contribution in [-0.2, 0) is 13.1 Å². The molecule has 0 aromatic carbocycles. The molecule has 4 aliphatic heterocycles. The van der Waals surface area contributed by atoms with Gasteiger partial charge in [0.15, 0.2) is 0 Å². The third-order valence-corrected chi connectivity index (χ3v) is 8.98. The van der Waals surface area contributed by atoms with Crippen LogP contribution in [-0.4, -0.2) is 82.0 Å². The van der Waals surface area contributed by atoms with Crippen molar-refractivity contribution in [2.75, 3.05) is 62.3 Å². The SMILES string of the molecule is c1cc2c(nc1Oc1ccc3c(n1)C(N1CCSCC1)CNC3)C(N1CCSCC1)CNC2. The van der Waals surface area contributed by atoms with E-state index in [1.54, 1.807) is 0 Å². The van der Waals surface area contributed by atoms with Crippen LogP contribution in [0.15, 0.2) is 24.3 Å². The Hall–Kier alpha value is -1.36. The molecule has 2 N–H and O–H groups in total. The maximum Gasteiger partial charge on any atom is 0.221 e. The maximum absolute atomic E-state index is 6.27. The number of ether oxygens (including phenoxy) is 1. The summed E-state index contributed by atoms with van der Waals surface area (Å²) in [6.07, 6.45) is 0. The van der Waals surface area contributed by atoms with Gasteiger partial charge in [0.05, 0.1) is 23.5 Å². The minimum absolute atomic E-state index is 0.321. The lowest BCUT2D eigenvalue weighted by atomic mass is 10.0. The van der Waals surface area contributed by atoms with E-state index in [1.807, 2.05) is 35.7 Å². The fourth-order valence-corrected chi connectivity index (χ4v) is 7.19. The van der Waals surface area contributed by atoms with Crippen LogP contribution in [0.5, 0.6) is 11.8 Å². The number of fused-ring (bicyclic) bond motifs is 2. The first-order valence-corrected chi connectivity index (χ1v) is 14.4. The number of nitrogens with one attached hydrogen (secondary N) is 2. The molecule has 0 bridgehead atoms. The second kappa shape index (κ2) is 10.1. The summed E-state index contributed by atoms with van der Waals surface area (Å²) in [5.41, 5.74) is 4.90. The van der Waals surface area contributed by atoms with E-state index in [9.17, 15) is 0 Å². The molecule has 6 heterocycles. The summed E-state index contributed by atoms with van der Waals surface area (Å²) in [5, 5.41) is 7.15. The highest BCUT2D eigenvalue weighted by molar-refractivity contribution is 7.99. The largest absolute Gasteiger partial charge is 0.421 e. The Balaban J connectivity index is 1.24. The van der Waals surface area contributed by atoms with Gasteiger partial charge in [0, 0.05) is 87.5 Å². The predicted octanol–water partition coefficient (Wildman–Crippen LogP) is 2.66. The molecule has 0 saturated carbocycles. The minimum atomic E-state index is 0.321. The van der Waals surface area contributed by atoms with Crippen LogP contribution in [0.25, 0.3) is 0 Å². The number of nitrogens with zero attached hydrogens (tertiary/aromatic N) is 4. The maximum atomic E-state index is 6.27. The van der Waals surface area contributed by atoms with Crippen molar-refractivity contribution in [2.45, 2.75) is 25.2 Å². The number of aromatic nitrogens is 2. The zero-order valence-corrected chi connectivity index (χ0v) is 20.6. The summed E-state index contributed by atoms with van der Waals surface area (Å²) in [6.45, 7) is 8.16. The lowest BCUT2D eigenvalue weighted by molar-refractivity contribution is 0.197. The van der Waals surface area contributed by atoms with E-state index in [1.165, 1.54) is 45.5 Å². The molecule has 2 aromatic heterocycles. The molecule has 7 nitrogen and oxygen atoms in total. The molecule has 0 spiro atoms. The zero-order chi connectivity index (χ0) is 22.0. The summed E-state index contributed by atoms with van der Waals surface area (Å²) in [5.74, 6) is 6.11. The molecule has 2 atom stereocenters. The van der Waals surface area contributed by atoms with Crippen LogP contribution >= 0.6 is 23.5 Å².